The maximum atomic E-state index is 11.6. The molecule has 12 heteroatoms. The standard InChI is InChI=1S/C30H33N5O6S/c1-18(36)42-15-23-25-26(41-30(2,3)40-25)29(39-23)35-17-34-24-27(32-16-33-28(24)35)31-13-19-5-11-22(12-6-19)38-14-20-7-9-21(37-4)10-8-20/h5-12,16-17,23,25-26,29H,13-15H2,1-4H3,(H,31,32,33)/t23-,25+,26?,29-/m1/s1. The van der Waals surface area contributed by atoms with Crippen molar-refractivity contribution in [2.45, 2.75) is 64.2 Å². The summed E-state index contributed by atoms with van der Waals surface area (Å²) in [6.07, 6.45) is 1.70. The van der Waals surface area contributed by atoms with E-state index in [0.29, 0.717) is 35.9 Å². The van der Waals surface area contributed by atoms with Crippen molar-refractivity contribution in [1.82, 2.24) is 19.5 Å². The van der Waals surface area contributed by atoms with E-state index in [2.05, 4.69) is 20.3 Å². The van der Waals surface area contributed by atoms with Gasteiger partial charge in [0.2, 0.25) is 0 Å². The van der Waals surface area contributed by atoms with Crippen molar-refractivity contribution >= 4 is 33.9 Å². The molecular formula is C30H33N5O6S. The van der Waals surface area contributed by atoms with E-state index >= 15 is 0 Å². The number of carbonyl (C=O) groups excluding carboxylic acids is 1. The summed E-state index contributed by atoms with van der Waals surface area (Å²) in [7, 11) is 1.65. The van der Waals surface area contributed by atoms with Crippen LogP contribution in [-0.2, 0) is 32.2 Å². The fourth-order valence-electron chi connectivity index (χ4n) is 5.16. The number of nitrogens with zero attached hydrogens (tertiary/aromatic N) is 4. The highest BCUT2D eigenvalue weighted by Crippen LogP contribution is 2.44. The highest BCUT2D eigenvalue weighted by atomic mass is 32.2. The van der Waals surface area contributed by atoms with Gasteiger partial charge in [-0.3, -0.25) is 9.36 Å². The Morgan fingerprint density at radius 1 is 1.00 bits per heavy atom. The number of carbonyl (C=O) groups is 1. The summed E-state index contributed by atoms with van der Waals surface area (Å²) in [5.74, 6) is 1.94. The highest BCUT2D eigenvalue weighted by Gasteiger charge is 2.56. The Labute approximate surface area is 247 Å². The van der Waals surface area contributed by atoms with Crippen LogP contribution in [0, 0.1) is 0 Å². The van der Waals surface area contributed by atoms with Crippen molar-refractivity contribution in [3.05, 3.63) is 72.3 Å². The molecule has 11 nitrogen and oxygen atoms in total. The van der Waals surface area contributed by atoms with Crippen LogP contribution in [0.5, 0.6) is 11.5 Å². The summed E-state index contributed by atoms with van der Waals surface area (Å²) in [6.45, 7) is 6.32. The van der Waals surface area contributed by atoms with Gasteiger partial charge in [-0.05, 0) is 49.2 Å². The lowest BCUT2D eigenvalue weighted by Gasteiger charge is -2.24. The minimum atomic E-state index is -0.759. The first-order valence-electron chi connectivity index (χ1n) is 13.7. The Kier molecular flexibility index (Phi) is 8.04. The van der Waals surface area contributed by atoms with Gasteiger partial charge in [0.1, 0.15) is 36.6 Å². The number of hydrogen-bond donors (Lipinski definition) is 1. The van der Waals surface area contributed by atoms with Crippen molar-refractivity contribution in [2.24, 2.45) is 0 Å². The first-order valence-corrected chi connectivity index (χ1v) is 14.7. The van der Waals surface area contributed by atoms with Gasteiger partial charge < -0.3 is 29.0 Å². The van der Waals surface area contributed by atoms with Gasteiger partial charge in [0.25, 0.3) is 0 Å². The zero-order valence-corrected chi connectivity index (χ0v) is 24.7. The van der Waals surface area contributed by atoms with Crippen LogP contribution < -0.4 is 14.8 Å². The predicted molar refractivity (Wildman–Crippen MR) is 157 cm³/mol. The summed E-state index contributed by atoms with van der Waals surface area (Å²) < 4.78 is 31.7. The minimum absolute atomic E-state index is 0.0315. The second kappa shape index (κ2) is 11.9. The third kappa shape index (κ3) is 6.07. The van der Waals surface area contributed by atoms with E-state index in [0.717, 1.165) is 22.6 Å². The van der Waals surface area contributed by atoms with Crippen LogP contribution in [0.4, 0.5) is 5.82 Å². The van der Waals surface area contributed by atoms with Crippen LogP contribution >= 0.6 is 11.8 Å². The van der Waals surface area contributed by atoms with E-state index in [1.165, 1.54) is 18.1 Å². The third-order valence-electron chi connectivity index (χ3n) is 7.16. The number of anilines is 1. The van der Waals surface area contributed by atoms with Crippen molar-refractivity contribution in [3.63, 3.8) is 0 Å². The zero-order chi connectivity index (χ0) is 29.3. The summed E-state index contributed by atoms with van der Waals surface area (Å²) >= 11 is 1.22. The van der Waals surface area contributed by atoms with Gasteiger partial charge in [-0.25, -0.2) is 15.0 Å². The van der Waals surface area contributed by atoms with Crippen LogP contribution in [0.3, 0.4) is 0 Å². The molecule has 2 fully saturated rings. The molecule has 4 heterocycles. The molecule has 4 aromatic rings. The van der Waals surface area contributed by atoms with Crippen LogP contribution in [-0.4, -0.2) is 61.6 Å². The molecule has 42 heavy (non-hydrogen) atoms. The molecule has 0 radical (unpaired) electrons. The topological polar surface area (TPSA) is 119 Å². The molecule has 6 rings (SSSR count). The van der Waals surface area contributed by atoms with Crippen molar-refractivity contribution < 1.29 is 28.5 Å². The normalized spacial score (nSPS) is 22.7. The summed E-state index contributed by atoms with van der Waals surface area (Å²) in [6, 6.07) is 15.7. The molecule has 2 aromatic carbocycles. The number of thioether (sulfide) groups is 1. The third-order valence-corrected chi connectivity index (χ3v) is 8.06. The Balaban J connectivity index is 1.12. The molecule has 0 aliphatic carbocycles. The lowest BCUT2D eigenvalue weighted by Crippen LogP contribution is -2.31. The Bertz CT molecular complexity index is 1540. The number of nitrogens with one attached hydrogen (secondary N) is 1. The van der Waals surface area contributed by atoms with E-state index in [1.54, 1.807) is 20.4 Å². The van der Waals surface area contributed by atoms with E-state index in [9.17, 15) is 4.79 Å². The number of methoxy groups -OCH3 is 1. The van der Waals surface area contributed by atoms with Gasteiger partial charge in [-0.1, -0.05) is 36.0 Å². The smallest absolute Gasteiger partial charge is 0.185 e. The Morgan fingerprint density at radius 3 is 2.45 bits per heavy atom. The summed E-state index contributed by atoms with van der Waals surface area (Å²) in [5.41, 5.74) is 3.36. The molecule has 0 bridgehead atoms. The molecule has 220 valence electrons. The number of aromatic nitrogens is 4. The van der Waals surface area contributed by atoms with Gasteiger partial charge in [-0.15, -0.1) is 0 Å². The average Bonchev–Trinajstić information content (AvgIpc) is 3.65. The van der Waals surface area contributed by atoms with Crippen molar-refractivity contribution in [3.8, 4) is 11.5 Å². The van der Waals surface area contributed by atoms with Crippen LogP contribution in [0.25, 0.3) is 11.2 Å². The average molecular weight is 592 g/mol. The van der Waals surface area contributed by atoms with E-state index in [4.69, 9.17) is 23.7 Å². The lowest BCUT2D eigenvalue weighted by atomic mass is 10.1. The van der Waals surface area contributed by atoms with Gasteiger partial charge in [0.15, 0.2) is 34.1 Å². The van der Waals surface area contributed by atoms with Crippen LogP contribution in [0.2, 0.25) is 0 Å². The van der Waals surface area contributed by atoms with Crippen molar-refractivity contribution in [2.75, 3.05) is 18.2 Å². The first kappa shape index (κ1) is 28.4. The molecule has 2 aromatic heterocycles. The number of rotatable bonds is 10. The largest absolute Gasteiger partial charge is 0.497 e. The molecule has 2 saturated heterocycles. The van der Waals surface area contributed by atoms with Gasteiger partial charge in [0, 0.05) is 19.2 Å². The summed E-state index contributed by atoms with van der Waals surface area (Å²) in [4.78, 5) is 25.2. The lowest BCUT2D eigenvalue weighted by molar-refractivity contribution is -0.193. The number of hydrogen-bond acceptors (Lipinski definition) is 11. The first-order chi connectivity index (χ1) is 20.3. The van der Waals surface area contributed by atoms with Gasteiger partial charge >= 0.3 is 0 Å². The molecular weight excluding hydrogens is 558 g/mol. The molecule has 1 unspecified atom stereocenters. The van der Waals surface area contributed by atoms with E-state index < -0.39 is 12.0 Å². The van der Waals surface area contributed by atoms with E-state index in [1.807, 2.05) is 66.9 Å². The molecule has 2 aliphatic rings. The molecule has 2 aliphatic heterocycles. The number of ether oxygens (including phenoxy) is 5. The quantitative estimate of drug-likeness (QED) is 0.276. The predicted octanol–water partition coefficient (Wildman–Crippen LogP) is 4.72. The van der Waals surface area contributed by atoms with Crippen LogP contribution in [0.1, 0.15) is 38.1 Å². The maximum absolute atomic E-state index is 11.6. The van der Waals surface area contributed by atoms with Gasteiger partial charge in [0.05, 0.1) is 19.5 Å². The summed E-state index contributed by atoms with van der Waals surface area (Å²) in [5, 5.41) is 3.41. The fourth-order valence-corrected chi connectivity index (χ4v) is 5.83. The van der Waals surface area contributed by atoms with Crippen LogP contribution in [0.15, 0.2) is 61.2 Å². The van der Waals surface area contributed by atoms with Gasteiger partial charge in [-0.2, -0.15) is 0 Å². The number of benzene rings is 2. The molecule has 0 amide bonds. The minimum Gasteiger partial charge on any atom is -0.497 e. The SMILES string of the molecule is COc1ccc(COc2ccc(CNc3ncnc4c3ncn4[C@@H]3O[C@H](CSC(C)=O)[C@@H]4OC(C)(C)OC43)cc2)cc1. The molecule has 0 spiro atoms. The van der Waals surface area contributed by atoms with E-state index in [-0.39, 0.29) is 23.4 Å². The molecule has 4 atom stereocenters. The number of fused-ring (bicyclic) bond motifs is 2. The number of imidazole rings is 1. The Morgan fingerprint density at radius 2 is 1.71 bits per heavy atom. The second-order valence-electron chi connectivity index (χ2n) is 10.6. The molecule has 1 N–H and O–H groups in total. The van der Waals surface area contributed by atoms with Crippen molar-refractivity contribution in [1.29, 1.82) is 0 Å². The zero-order valence-electron chi connectivity index (χ0n) is 23.9. The molecule has 0 saturated carbocycles. The highest BCUT2D eigenvalue weighted by molar-refractivity contribution is 8.13. The monoisotopic (exact) mass is 591 g/mol. The maximum Gasteiger partial charge on any atom is 0.185 e. The fraction of sp³-hybridized carbons (Fsp3) is 0.400. The second-order valence-corrected chi connectivity index (χ2v) is 11.8. The Hall–Kier alpha value is -3.71.